The third-order valence-electron chi connectivity index (χ3n) is 4.30. The van der Waals surface area contributed by atoms with Crippen LogP contribution in [0, 0.1) is 6.92 Å². The molecule has 2 N–H and O–H groups in total. The number of aliphatic hydroxyl groups excluding tert-OH is 1. The molecule has 1 aliphatic rings. The molecule has 2 heterocycles. The fourth-order valence-corrected chi connectivity index (χ4v) is 3.08. The van der Waals surface area contributed by atoms with E-state index in [1.807, 2.05) is 40.7 Å². The molecule has 0 aliphatic carbocycles. The summed E-state index contributed by atoms with van der Waals surface area (Å²) in [5.74, 6) is 0.828. The Hall–Kier alpha value is -1.90. The molecular weight excluding hydrogens is 360 g/mol. The van der Waals surface area contributed by atoms with Gasteiger partial charge in [-0.1, -0.05) is 0 Å². The molecule has 1 saturated heterocycles. The lowest BCUT2D eigenvalue weighted by atomic mass is 10.2. The van der Waals surface area contributed by atoms with E-state index in [9.17, 15) is 4.79 Å². The Morgan fingerprint density at radius 2 is 1.75 bits per heavy atom. The number of pyridine rings is 1. The van der Waals surface area contributed by atoms with Gasteiger partial charge in [-0.2, -0.15) is 0 Å². The Bertz CT molecular complexity index is 612. The molecule has 158 valence electrons. The van der Waals surface area contributed by atoms with Gasteiger partial charge in [-0.15, -0.1) is 0 Å². The molecule has 0 spiro atoms. The fourth-order valence-electron chi connectivity index (χ4n) is 3.08. The maximum atomic E-state index is 12.7. The second-order valence-corrected chi connectivity index (χ2v) is 7.66. The van der Waals surface area contributed by atoms with E-state index in [2.05, 4.69) is 20.1 Å². The number of nitrogens with zero attached hydrogens (tertiary/aromatic N) is 3. The monoisotopic (exact) mass is 394 g/mol. The first-order chi connectivity index (χ1) is 13.3. The van der Waals surface area contributed by atoms with Gasteiger partial charge in [-0.25, -0.2) is 4.98 Å². The molecule has 1 fully saturated rings. The Morgan fingerprint density at radius 3 is 2.32 bits per heavy atom. The first-order valence-corrected chi connectivity index (χ1v) is 9.98. The molecule has 0 unspecified atom stereocenters. The third kappa shape index (κ3) is 6.92. The van der Waals surface area contributed by atoms with Crippen molar-refractivity contribution in [2.45, 2.75) is 46.8 Å². The van der Waals surface area contributed by atoms with Gasteiger partial charge in [0.1, 0.15) is 5.69 Å². The van der Waals surface area contributed by atoms with Crippen molar-refractivity contribution in [1.82, 2.24) is 14.8 Å². The van der Waals surface area contributed by atoms with Crippen LogP contribution < -0.4 is 14.8 Å². The highest BCUT2D eigenvalue weighted by atomic mass is 16.5. The summed E-state index contributed by atoms with van der Waals surface area (Å²) in [7, 11) is 0. The standard InChI is InChI=1S/C20H34N4O4/c1-14(2)27-17-12-16(5)21-20(28-15(3)4)19(17)22-18(26)13-24-8-6-23(7-9-24)10-11-25/h12,14-15,25H,6-11,13H2,1-5H3,(H,22,26). The molecule has 0 saturated carbocycles. The molecule has 8 heteroatoms. The number of amides is 1. The second-order valence-electron chi connectivity index (χ2n) is 7.66. The number of piperazine rings is 1. The summed E-state index contributed by atoms with van der Waals surface area (Å²) < 4.78 is 11.7. The van der Waals surface area contributed by atoms with E-state index in [4.69, 9.17) is 14.6 Å². The van der Waals surface area contributed by atoms with Gasteiger partial charge in [0.05, 0.1) is 25.4 Å². The van der Waals surface area contributed by atoms with E-state index in [-0.39, 0.29) is 24.7 Å². The number of β-amino-alcohol motifs (C(OH)–C–C–N with tert-alkyl or cyclic N) is 1. The van der Waals surface area contributed by atoms with Gasteiger partial charge in [0.15, 0.2) is 5.75 Å². The highest BCUT2D eigenvalue weighted by molar-refractivity contribution is 5.95. The van der Waals surface area contributed by atoms with Crippen molar-refractivity contribution >= 4 is 11.6 Å². The summed E-state index contributed by atoms with van der Waals surface area (Å²) in [6.45, 7) is 14.0. The van der Waals surface area contributed by atoms with Gasteiger partial charge in [0, 0.05) is 44.5 Å². The number of carbonyl (C=O) groups excluding carboxylic acids is 1. The van der Waals surface area contributed by atoms with Crippen LogP contribution in [0.15, 0.2) is 6.07 Å². The van der Waals surface area contributed by atoms with Crippen LogP contribution in [-0.4, -0.2) is 83.9 Å². The zero-order valence-electron chi connectivity index (χ0n) is 17.7. The molecular formula is C20H34N4O4. The minimum absolute atomic E-state index is 0.0380. The summed E-state index contributed by atoms with van der Waals surface area (Å²) in [4.78, 5) is 21.5. The number of anilines is 1. The van der Waals surface area contributed by atoms with Crippen LogP contribution >= 0.6 is 0 Å². The Morgan fingerprint density at radius 1 is 1.14 bits per heavy atom. The first kappa shape index (κ1) is 22.4. The van der Waals surface area contributed by atoms with Crippen LogP contribution in [0.3, 0.4) is 0 Å². The van der Waals surface area contributed by atoms with Crippen LogP contribution in [0.2, 0.25) is 0 Å². The average Bonchev–Trinajstić information content (AvgIpc) is 2.59. The molecule has 28 heavy (non-hydrogen) atoms. The number of aryl methyl sites for hydroxylation is 1. The van der Waals surface area contributed by atoms with E-state index in [0.29, 0.717) is 30.4 Å². The summed E-state index contributed by atoms with van der Waals surface area (Å²) in [6.07, 6.45) is -0.111. The van der Waals surface area contributed by atoms with Gasteiger partial charge in [-0.05, 0) is 34.6 Å². The van der Waals surface area contributed by atoms with Crippen molar-refractivity contribution in [3.05, 3.63) is 11.8 Å². The minimum Gasteiger partial charge on any atom is -0.489 e. The number of hydrogen-bond acceptors (Lipinski definition) is 7. The van der Waals surface area contributed by atoms with Gasteiger partial charge in [-0.3, -0.25) is 14.6 Å². The maximum absolute atomic E-state index is 12.7. The number of aliphatic hydroxyl groups is 1. The SMILES string of the molecule is Cc1cc(OC(C)C)c(NC(=O)CN2CCN(CCO)CC2)c(OC(C)C)n1. The third-order valence-corrected chi connectivity index (χ3v) is 4.30. The number of aromatic nitrogens is 1. The average molecular weight is 395 g/mol. The molecule has 1 amide bonds. The lowest BCUT2D eigenvalue weighted by Gasteiger charge is -2.33. The Kier molecular flexibility index (Phi) is 8.47. The highest BCUT2D eigenvalue weighted by Crippen LogP contribution is 2.35. The number of carbonyl (C=O) groups is 1. The van der Waals surface area contributed by atoms with Crippen molar-refractivity contribution in [3.8, 4) is 11.6 Å². The number of nitrogens with one attached hydrogen (secondary N) is 1. The maximum Gasteiger partial charge on any atom is 0.242 e. The molecule has 1 aromatic rings. The minimum atomic E-state index is -0.122. The highest BCUT2D eigenvalue weighted by Gasteiger charge is 2.22. The normalized spacial score (nSPS) is 15.9. The van der Waals surface area contributed by atoms with Gasteiger partial charge in [0.2, 0.25) is 11.8 Å². The molecule has 2 rings (SSSR count). The van der Waals surface area contributed by atoms with Crippen LogP contribution in [0.1, 0.15) is 33.4 Å². The summed E-state index contributed by atoms with van der Waals surface area (Å²) in [6, 6.07) is 1.82. The number of rotatable bonds is 9. The summed E-state index contributed by atoms with van der Waals surface area (Å²) >= 11 is 0. The molecule has 0 aromatic carbocycles. The van der Waals surface area contributed by atoms with Crippen LogP contribution in [0.25, 0.3) is 0 Å². The van der Waals surface area contributed by atoms with E-state index in [0.717, 1.165) is 31.9 Å². The molecule has 8 nitrogen and oxygen atoms in total. The lowest BCUT2D eigenvalue weighted by molar-refractivity contribution is -0.117. The fraction of sp³-hybridized carbons (Fsp3) is 0.700. The van der Waals surface area contributed by atoms with Crippen LogP contribution in [0.4, 0.5) is 5.69 Å². The van der Waals surface area contributed by atoms with E-state index < -0.39 is 0 Å². The topological polar surface area (TPSA) is 87.2 Å². The quantitative estimate of drug-likeness (QED) is 0.656. The number of hydrogen-bond donors (Lipinski definition) is 2. The summed E-state index contributed by atoms with van der Waals surface area (Å²) in [5.41, 5.74) is 1.25. The zero-order chi connectivity index (χ0) is 20.7. The van der Waals surface area contributed by atoms with Crippen molar-refractivity contribution in [3.63, 3.8) is 0 Å². The van der Waals surface area contributed by atoms with E-state index in [1.54, 1.807) is 0 Å². The van der Waals surface area contributed by atoms with Crippen LogP contribution in [0.5, 0.6) is 11.6 Å². The Balaban J connectivity index is 2.09. The first-order valence-electron chi connectivity index (χ1n) is 9.98. The smallest absolute Gasteiger partial charge is 0.242 e. The lowest BCUT2D eigenvalue weighted by Crippen LogP contribution is -2.49. The largest absolute Gasteiger partial charge is 0.489 e. The number of ether oxygens (including phenoxy) is 2. The summed E-state index contributed by atoms with van der Waals surface area (Å²) in [5, 5.41) is 12.0. The Labute approximate surface area is 167 Å². The van der Waals surface area contributed by atoms with Crippen molar-refractivity contribution in [2.75, 3.05) is 51.2 Å². The molecule has 1 aromatic heterocycles. The van der Waals surface area contributed by atoms with E-state index >= 15 is 0 Å². The van der Waals surface area contributed by atoms with Gasteiger partial charge < -0.3 is 19.9 Å². The zero-order valence-corrected chi connectivity index (χ0v) is 17.7. The van der Waals surface area contributed by atoms with Crippen LogP contribution in [-0.2, 0) is 4.79 Å². The van der Waals surface area contributed by atoms with Crippen molar-refractivity contribution in [2.24, 2.45) is 0 Å². The molecule has 1 aliphatic heterocycles. The molecule has 0 bridgehead atoms. The second kappa shape index (κ2) is 10.6. The predicted molar refractivity (Wildman–Crippen MR) is 109 cm³/mol. The van der Waals surface area contributed by atoms with Gasteiger partial charge in [0.25, 0.3) is 0 Å². The van der Waals surface area contributed by atoms with Crippen molar-refractivity contribution < 1.29 is 19.4 Å². The van der Waals surface area contributed by atoms with Gasteiger partial charge >= 0.3 is 0 Å². The van der Waals surface area contributed by atoms with E-state index in [1.165, 1.54) is 0 Å². The molecule has 0 atom stereocenters. The van der Waals surface area contributed by atoms with Crippen molar-refractivity contribution in [1.29, 1.82) is 0 Å². The predicted octanol–water partition coefficient (Wildman–Crippen LogP) is 1.51. The molecule has 0 radical (unpaired) electrons.